The average Bonchev–Trinajstić information content (AvgIpc) is 2.75. The number of rotatable bonds is 15. The van der Waals surface area contributed by atoms with Gasteiger partial charge in [-0.25, -0.2) is 4.79 Å². The molecule has 0 aromatic rings. The Bertz CT molecular complexity index is 616. The minimum absolute atomic E-state index is 0.0695. The molecule has 6 N–H and O–H groups in total. The van der Waals surface area contributed by atoms with Gasteiger partial charge in [-0.3, -0.25) is 4.79 Å². The van der Waals surface area contributed by atoms with Gasteiger partial charge in [0.05, 0.1) is 24.9 Å². The zero-order chi connectivity index (χ0) is 25.1. The van der Waals surface area contributed by atoms with Crippen molar-refractivity contribution in [3.8, 4) is 0 Å². The number of ether oxygens (including phenoxy) is 3. The Balaban J connectivity index is 3.09. The van der Waals surface area contributed by atoms with Crippen molar-refractivity contribution in [1.29, 1.82) is 0 Å². The van der Waals surface area contributed by atoms with Crippen molar-refractivity contribution in [2.24, 2.45) is 5.92 Å². The summed E-state index contributed by atoms with van der Waals surface area (Å²) >= 11 is 0. The maximum Gasteiger partial charge on any atom is 0.335 e. The van der Waals surface area contributed by atoms with Crippen molar-refractivity contribution in [3.63, 3.8) is 0 Å². The SMILES string of the molecule is C=CCCCCCOC(C(=O)O)[C@@H](O[C@@H]1OC(CO)[C@@H](C)C(O)C1NC(C)=O)C(O)[C@@H](C)O. The number of aliphatic hydroxyl groups is 4. The molecule has 1 aliphatic rings. The number of amides is 1. The van der Waals surface area contributed by atoms with Gasteiger partial charge in [0.15, 0.2) is 12.4 Å². The fourth-order valence-corrected chi connectivity index (χ4v) is 3.65. The predicted octanol–water partition coefficient (Wildman–Crippen LogP) is -0.452. The Morgan fingerprint density at radius 3 is 2.42 bits per heavy atom. The zero-order valence-corrected chi connectivity index (χ0v) is 19.5. The number of carbonyl (C=O) groups excluding carboxylic acids is 1. The summed E-state index contributed by atoms with van der Waals surface area (Å²) in [5.74, 6) is -2.50. The monoisotopic (exact) mass is 477 g/mol. The lowest BCUT2D eigenvalue weighted by Gasteiger charge is -2.45. The molecular formula is C22H39NO10. The van der Waals surface area contributed by atoms with Crippen LogP contribution in [0.15, 0.2) is 12.7 Å². The van der Waals surface area contributed by atoms with Crippen LogP contribution >= 0.6 is 0 Å². The van der Waals surface area contributed by atoms with Gasteiger partial charge in [-0.2, -0.15) is 0 Å². The van der Waals surface area contributed by atoms with Gasteiger partial charge in [0, 0.05) is 19.4 Å². The second-order valence-electron chi connectivity index (χ2n) is 8.40. The Hall–Kier alpha value is -1.60. The number of hydrogen-bond donors (Lipinski definition) is 6. The third kappa shape index (κ3) is 8.93. The van der Waals surface area contributed by atoms with E-state index >= 15 is 0 Å². The molecule has 9 atom stereocenters. The van der Waals surface area contributed by atoms with Crippen LogP contribution in [0.3, 0.4) is 0 Å². The van der Waals surface area contributed by atoms with E-state index in [4.69, 9.17) is 14.2 Å². The summed E-state index contributed by atoms with van der Waals surface area (Å²) in [4.78, 5) is 23.6. The van der Waals surface area contributed by atoms with Crippen molar-refractivity contribution in [2.75, 3.05) is 13.2 Å². The molecule has 1 saturated heterocycles. The lowest BCUT2D eigenvalue weighted by molar-refractivity contribution is -0.292. The van der Waals surface area contributed by atoms with Crippen molar-refractivity contribution < 1.29 is 49.3 Å². The number of carboxylic acids is 1. The van der Waals surface area contributed by atoms with Gasteiger partial charge in [0.1, 0.15) is 18.2 Å². The molecule has 1 amide bonds. The predicted molar refractivity (Wildman–Crippen MR) is 117 cm³/mol. The minimum atomic E-state index is -1.68. The van der Waals surface area contributed by atoms with E-state index in [1.807, 2.05) is 0 Å². The van der Waals surface area contributed by atoms with Gasteiger partial charge in [-0.1, -0.05) is 19.4 Å². The second-order valence-corrected chi connectivity index (χ2v) is 8.40. The molecule has 0 aromatic carbocycles. The van der Waals surface area contributed by atoms with E-state index in [2.05, 4.69) is 11.9 Å². The maximum absolute atomic E-state index is 12.0. The van der Waals surface area contributed by atoms with Crippen LogP contribution in [0.25, 0.3) is 0 Å². The molecule has 1 rings (SSSR count). The number of aliphatic carboxylic acids is 1. The summed E-state index contributed by atoms with van der Waals surface area (Å²) in [5, 5.41) is 53.0. The fraction of sp³-hybridized carbons (Fsp3) is 0.818. The molecule has 1 aliphatic heterocycles. The van der Waals surface area contributed by atoms with Gasteiger partial charge in [-0.05, 0) is 26.2 Å². The molecule has 0 aromatic heterocycles. The van der Waals surface area contributed by atoms with Crippen molar-refractivity contribution in [1.82, 2.24) is 5.32 Å². The third-order valence-corrected chi connectivity index (χ3v) is 5.66. The first-order valence-electron chi connectivity index (χ1n) is 11.2. The molecule has 11 heteroatoms. The van der Waals surface area contributed by atoms with Crippen LogP contribution in [0, 0.1) is 5.92 Å². The molecule has 0 bridgehead atoms. The van der Waals surface area contributed by atoms with E-state index < -0.39 is 73.4 Å². The molecule has 0 spiro atoms. The lowest BCUT2D eigenvalue weighted by atomic mass is 9.89. The average molecular weight is 478 g/mol. The van der Waals surface area contributed by atoms with Gasteiger partial charge in [-0.15, -0.1) is 6.58 Å². The van der Waals surface area contributed by atoms with Crippen LogP contribution < -0.4 is 5.32 Å². The molecule has 5 unspecified atom stereocenters. The van der Waals surface area contributed by atoms with Gasteiger partial charge in [0.25, 0.3) is 0 Å². The fourth-order valence-electron chi connectivity index (χ4n) is 3.65. The van der Waals surface area contributed by atoms with Crippen LogP contribution in [-0.2, 0) is 23.8 Å². The summed E-state index contributed by atoms with van der Waals surface area (Å²) in [6, 6.07) is -1.11. The third-order valence-electron chi connectivity index (χ3n) is 5.66. The molecule has 1 heterocycles. The summed E-state index contributed by atoms with van der Waals surface area (Å²) in [5.41, 5.74) is 0. The highest BCUT2D eigenvalue weighted by molar-refractivity contribution is 5.73. The number of unbranched alkanes of at least 4 members (excludes halogenated alkanes) is 3. The molecule has 11 nitrogen and oxygen atoms in total. The van der Waals surface area contributed by atoms with Gasteiger partial charge in [0.2, 0.25) is 5.91 Å². The van der Waals surface area contributed by atoms with Crippen LogP contribution in [0.1, 0.15) is 46.5 Å². The number of aliphatic hydroxyl groups excluding tert-OH is 4. The van der Waals surface area contributed by atoms with E-state index in [0.717, 1.165) is 19.3 Å². The first kappa shape index (κ1) is 29.4. The molecule has 0 radical (unpaired) electrons. The molecule has 1 fully saturated rings. The molecule has 0 saturated carbocycles. The summed E-state index contributed by atoms with van der Waals surface area (Å²) < 4.78 is 17.0. The first-order valence-corrected chi connectivity index (χ1v) is 11.2. The molecular weight excluding hydrogens is 438 g/mol. The largest absolute Gasteiger partial charge is 0.479 e. The second kappa shape index (κ2) is 14.6. The Labute approximate surface area is 194 Å². The molecule has 192 valence electrons. The van der Waals surface area contributed by atoms with E-state index in [-0.39, 0.29) is 6.61 Å². The number of nitrogens with one attached hydrogen (secondary N) is 1. The van der Waals surface area contributed by atoms with Crippen molar-refractivity contribution >= 4 is 11.9 Å². The number of allylic oxidation sites excluding steroid dienone is 1. The van der Waals surface area contributed by atoms with Crippen LogP contribution in [0.5, 0.6) is 0 Å². The maximum atomic E-state index is 12.0. The van der Waals surface area contributed by atoms with E-state index in [1.165, 1.54) is 13.8 Å². The first-order chi connectivity index (χ1) is 15.5. The smallest absolute Gasteiger partial charge is 0.335 e. The van der Waals surface area contributed by atoms with Crippen molar-refractivity contribution in [3.05, 3.63) is 12.7 Å². The number of carbonyl (C=O) groups is 2. The zero-order valence-electron chi connectivity index (χ0n) is 19.5. The Kier molecular flexibility index (Phi) is 13.0. The van der Waals surface area contributed by atoms with E-state index in [0.29, 0.717) is 6.42 Å². The Morgan fingerprint density at radius 2 is 1.91 bits per heavy atom. The van der Waals surface area contributed by atoms with Crippen LogP contribution in [-0.4, -0.2) is 99.6 Å². The van der Waals surface area contributed by atoms with Crippen LogP contribution in [0.2, 0.25) is 0 Å². The molecule has 0 aliphatic carbocycles. The summed E-state index contributed by atoms with van der Waals surface area (Å²) in [6.07, 6.45) is -4.99. The Morgan fingerprint density at radius 1 is 1.24 bits per heavy atom. The topological polar surface area (TPSA) is 175 Å². The lowest BCUT2D eigenvalue weighted by Crippen LogP contribution is -2.64. The van der Waals surface area contributed by atoms with Crippen LogP contribution in [0.4, 0.5) is 0 Å². The minimum Gasteiger partial charge on any atom is -0.479 e. The normalized spacial score (nSPS) is 29.0. The highest BCUT2D eigenvalue weighted by atomic mass is 16.7. The number of hydrogen-bond acceptors (Lipinski definition) is 9. The highest BCUT2D eigenvalue weighted by Crippen LogP contribution is 2.29. The summed E-state index contributed by atoms with van der Waals surface area (Å²) in [7, 11) is 0. The summed E-state index contributed by atoms with van der Waals surface area (Å²) in [6.45, 7) is 7.36. The number of carboxylic acid groups (broad SMARTS) is 1. The quantitative estimate of drug-likeness (QED) is 0.134. The molecule has 33 heavy (non-hydrogen) atoms. The van der Waals surface area contributed by atoms with E-state index in [1.54, 1.807) is 13.0 Å². The highest BCUT2D eigenvalue weighted by Gasteiger charge is 2.48. The van der Waals surface area contributed by atoms with Crippen molar-refractivity contribution in [2.45, 2.75) is 95.4 Å². The van der Waals surface area contributed by atoms with Gasteiger partial charge < -0.3 is 45.1 Å². The standard InChI is InChI=1S/C22H39NO10/c1-5-6-7-8-9-10-31-20(21(29)30)19(18(28)13(3)25)33-22-16(23-14(4)26)17(27)12(2)15(11-24)32-22/h5,12-13,15-20,22,24-25,27-28H,1,6-11H2,2-4H3,(H,23,26)(H,29,30)/t12-,13-,15?,16?,17?,18?,19+,20?,22+/m1/s1. The van der Waals surface area contributed by atoms with E-state index in [9.17, 15) is 35.1 Å². The van der Waals surface area contributed by atoms with Gasteiger partial charge >= 0.3 is 5.97 Å².